The van der Waals surface area contributed by atoms with Gasteiger partial charge in [0.25, 0.3) is 0 Å². The van der Waals surface area contributed by atoms with Gasteiger partial charge in [-0.25, -0.2) is 0 Å². The van der Waals surface area contributed by atoms with Gasteiger partial charge in [0, 0.05) is 11.0 Å². The van der Waals surface area contributed by atoms with Gasteiger partial charge in [-0.2, -0.15) is 4.98 Å². The van der Waals surface area contributed by atoms with E-state index in [4.69, 9.17) is 10.3 Å². The first kappa shape index (κ1) is 11.4. The average Bonchev–Trinajstić information content (AvgIpc) is 3.09. The van der Waals surface area contributed by atoms with Crippen LogP contribution in [0.1, 0.15) is 24.3 Å². The fourth-order valence-electron chi connectivity index (χ4n) is 2.13. The van der Waals surface area contributed by atoms with Gasteiger partial charge >= 0.3 is 0 Å². The first-order valence-corrected chi connectivity index (χ1v) is 6.02. The maximum absolute atomic E-state index is 9.45. The van der Waals surface area contributed by atoms with E-state index in [-0.39, 0.29) is 18.6 Å². The molecule has 0 atom stereocenters. The second-order valence-electron chi connectivity index (χ2n) is 4.74. The highest BCUT2D eigenvalue weighted by Gasteiger charge is 2.43. The number of hydrogen-bond donors (Lipinski definition) is 2. The summed E-state index contributed by atoms with van der Waals surface area (Å²) in [6, 6.07) is 7.95. The Hall–Kier alpha value is -1.72. The normalized spacial score (nSPS) is 16.8. The van der Waals surface area contributed by atoms with Crippen LogP contribution in [0.5, 0.6) is 0 Å². The van der Waals surface area contributed by atoms with Crippen LogP contribution in [0.3, 0.4) is 0 Å². The highest BCUT2D eigenvalue weighted by Crippen LogP contribution is 2.48. The minimum Gasteiger partial charge on any atom is -0.395 e. The van der Waals surface area contributed by atoms with Crippen molar-refractivity contribution in [3.63, 3.8) is 0 Å². The van der Waals surface area contributed by atoms with E-state index in [1.54, 1.807) is 0 Å². The summed E-state index contributed by atoms with van der Waals surface area (Å²) in [6.07, 6.45) is 2.07. The average molecular weight is 245 g/mol. The van der Waals surface area contributed by atoms with E-state index < -0.39 is 0 Å². The van der Waals surface area contributed by atoms with Crippen LogP contribution in [0.25, 0.3) is 11.4 Å². The molecule has 5 heteroatoms. The van der Waals surface area contributed by atoms with Crippen LogP contribution in [0.15, 0.2) is 28.8 Å². The minimum absolute atomic E-state index is 0.0452. The molecule has 3 N–H and O–H groups in total. The Morgan fingerprint density at radius 2 is 2.22 bits per heavy atom. The minimum atomic E-state index is -0.0452. The lowest BCUT2D eigenvalue weighted by atomic mass is 9.95. The number of aliphatic hydroxyl groups is 1. The van der Waals surface area contributed by atoms with E-state index in [2.05, 4.69) is 10.1 Å². The van der Waals surface area contributed by atoms with Crippen molar-refractivity contribution < 1.29 is 9.63 Å². The van der Waals surface area contributed by atoms with Crippen molar-refractivity contribution in [1.82, 2.24) is 10.1 Å². The Morgan fingerprint density at radius 1 is 1.39 bits per heavy atom. The van der Waals surface area contributed by atoms with Crippen molar-refractivity contribution >= 4 is 0 Å². The van der Waals surface area contributed by atoms with E-state index in [0.717, 1.165) is 24.0 Å². The number of hydrogen-bond acceptors (Lipinski definition) is 5. The summed E-state index contributed by atoms with van der Waals surface area (Å²) in [4.78, 5) is 4.20. The van der Waals surface area contributed by atoms with Gasteiger partial charge in [0.05, 0.1) is 13.2 Å². The van der Waals surface area contributed by atoms with Gasteiger partial charge in [0.2, 0.25) is 11.7 Å². The van der Waals surface area contributed by atoms with Crippen molar-refractivity contribution in [3.05, 3.63) is 35.7 Å². The fourth-order valence-corrected chi connectivity index (χ4v) is 2.13. The maximum Gasteiger partial charge on any atom is 0.240 e. The zero-order valence-electron chi connectivity index (χ0n) is 9.97. The monoisotopic (exact) mass is 245 g/mol. The molecule has 0 unspecified atom stereocenters. The molecule has 2 aromatic rings. The fraction of sp³-hybridized carbons (Fsp3) is 0.385. The van der Waals surface area contributed by atoms with Crippen LogP contribution in [-0.4, -0.2) is 21.9 Å². The number of benzene rings is 1. The molecule has 0 spiro atoms. The number of rotatable bonds is 4. The molecule has 0 saturated heterocycles. The lowest BCUT2D eigenvalue weighted by Gasteiger charge is -2.12. The molecule has 0 amide bonds. The Morgan fingerprint density at radius 3 is 2.83 bits per heavy atom. The highest BCUT2D eigenvalue weighted by atomic mass is 16.5. The molecular weight excluding hydrogens is 230 g/mol. The van der Waals surface area contributed by atoms with Gasteiger partial charge in [0.1, 0.15) is 0 Å². The summed E-state index contributed by atoms with van der Waals surface area (Å²) in [5, 5.41) is 13.3. The molecule has 0 bridgehead atoms. The largest absolute Gasteiger partial charge is 0.395 e. The molecule has 1 aromatic heterocycles. The molecule has 1 aliphatic rings. The molecule has 3 rings (SSSR count). The third-order valence-electron chi connectivity index (χ3n) is 3.53. The summed E-state index contributed by atoms with van der Waals surface area (Å²) < 4.78 is 5.00. The second kappa shape index (κ2) is 4.19. The molecule has 0 aliphatic heterocycles. The Bertz CT molecular complexity index is 561. The van der Waals surface area contributed by atoms with Gasteiger partial charge in [-0.05, 0) is 24.5 Å². The molecule has 1 heterocycles. The van der Waals surface area contributed by atoms with Crippen molar-refractivity contribution in [2.24, 2.45) is 5.73 Å². The van der Waals surface area contributed by atoms with Crippen LogP contribution in [0.2, 0.25) is 0 Å². The van der Waals surface area contributed by atoms with Crippen molar-refractivity contribution in [2.75, 3.05) is 6.61 Å². The van der Waals surface area contributed by atoms with Crippen LogP contribution in [0.4, 0.5) is 0 Å². The lowest BCUT2D eigenvalue weighted by molar-refractivity contribution is 0.255. The smallest absolute Gasteiger partial charge is 0.240 e. The summed E-state index contributed by atoms with van der Waals surface area (Å²) in [5.74, 6) is 0.977. The third-order valence-corrected chi connectivity index (χ3v) is 3.53. The predicted molar refractivity (Wildman–Crippen MR) is 65.6 cm³/mol. The maximum atomic E-state index is 9.45. The van der Waals surface area contributed by atoms with E-state index >= 15 is 0 Å². The van der Waals surface area contributed by atoms with E-state index in [1.165, 1.54) is 0 Å². The standard InChI is InChI=1S/C13H15N3O2/c14-7-11-15-12(16-18-11)9-2-1-3-10(6-9)13(8-17)4-5-13/h1-3,6,17H,4-5,7-8,14H2. The predicted octanol–water partition coefficient (Wildman–Crippen LogP) is 1.22. The number of nitrogens with two attached hydrogens (primary N) is 1. The Kier molecular flexibility index (Phi) is 2.65. The molecule has 1 aliphatic carbocycles. The van der Waals surface area contributed by atoms with Crippen molar-refractivity contribution in [2.45, 2.75) is 24.8 Å². The zero-order chi connectivity index (χ0) is 12.6. The highest BCUT2D eigenvalue weighted by molar-refractivity contribution is 5.57. The number of aromatic nitrogens is 2. The van der Waals surface area contributed by atoms with E-state index in [9.17, 15) is 5.11 Å². The van der Waals surface area contributed by atoms with Crippen LogP contribution >= 0.6 is 0 Å². The molecule has 1 saturated carbocycles. The Balaban J connectivity index is 1.96. The molecular formula is C13H15N3O2. The molecule has 18 heavy (non-hydrogen) atoms. The lowest BCUT2D eigenvalue weighted by Crippen LogP contribution is -2.11. The van der Waals surface area contributed by atoms with Crippen LogP contribution < -0.4 is 5.73 Å². The van der Waals surface area contributed by atoms with Gasteiger partial charge in [0.15, 0.2) is 0 Å². The SMILES string of the molecule is NCc1nc(-c2cccc(C3(CO)CC3)c2)no1. The van der Waals surface area contributed by atoms with E-state index in [1.807, 2.05) is 24.3 Å². The third kappa shape index (κ3) is 1.81. The van der Waals surface area contributed by atoms with E-state index in [0.29, 0.717) is 11.7 Å². The molecule has 1 fully saturated rings. The van der Waals surface area contributed by atoms with Gasteiger partial charge in [-0.1, -0.05) is 23.4 Å². The molecule has 0 radical (unpaired) electrons. The van der Waals surface area contributed by atoms with Gasteiger partial charge < -0.3 is 15.4 Å². The molecule has 5 nitrogen and oxygen atoms in total. The quantitative estimate of drug-likeness (QED) is 0.846. The first-order valence-electron chi connectivity index (χ1n) is 6.02. The summed E-state index contributed by atoms with van der Waals surface area (Å²) >= 11 is 0. The summed E-state index contributed by atoms with van der Waals surface area (Å²) in [7, 11) is 0. The topological polar surface area (TPSA) is 85.2 Å². The second-order valence-corrected chi connectivity index (χ2v) is 4.74. The molecule has 1 aromatic carbocycles. The Labute approximate surface area is 105 Å². The van der Waals surface area contributed by atoms with Gasteiger partial charge in [-0.15, -0.1) is 0 Å². The summed E-state index contributed by atoms with van der Waals surface area (Å²) in [6.45, 7) is 0.435. The number of nitrogens with zero attached hydrogens (tertiary/aromatic N) is 2. The zero-order valence-corrected chi connectivity index (χ0v) is 9.97. The van der Waals surface area contributed by atoms with Gasteiger partial charge in [-0.3, -0.25) is 0 Å². The van der Waals surface area contributed by atoms with Crippen molar-refractivity contribution in [1.29, 1.82) is 0 Å². The van der Waals surface area contributed by atoms with Crippen LogP contribution in [-0.2, 0) is 12.0 Å². The first-order chi connectivity index (χ1) is 8.77. The summed E-state index contributed by atoms with van der Waals surface area (Å²) in [5.41, 5.74) is 7.44. The number of aliphatic hydroxyl groups excluding tert-OH is 1. The van der Waals surface area contributed by atoms with Crippen molar-refractivity contribution in [3.8, 4) is 11.4 Å². The molecule has 94 valence electrons. The van der Waals surface area contributed by atoms with Crippen LogP contribution in [0, 0.1) is 0 Å².